The first-order valence-electron chi connectivity index (χ1n) is 4.25. The molecular weight excluding hydrogens is 153 g/mol. The van der Waals surface area contributed by atoms with Crippen LogP contribution in [0.4, 0.5) is 4.39 Å². The monoisotopic (exact) mass is 165 g/mol. The highest BCUT2D eigenvalue weighted by atomic mass is 19.1. The van der Waals surface area contributed by atoms with Gasteiger partial charge in [-0.1, -0.05) is 24.3 Å². The minimum atomic E-state index is -0.880. The van der Waals surface area contributed by atoms with Gasteiger partial charge in [0.25, 0.3) is 0 Å². The summed E-state index contributed by atoms with van der Waals surface area (Å²) in [4.78, 5) is 0. The van der Waals surface area contributed by atoms with Crippen LogP contribution < -0.4 is 5.32 Å². The van der Waals surface area contributed by atoms with Crippen LogP contribution in [0.3, 0.4) is 0 Å². The number of hydrogen-bond acceptors (Lipinski definition) is 1. The van der Waals surface area contributed by atoms with Crippen LogP contribution in [-0.2, 0) is 6.42 Å². The molecule has 0 saturated heterocycles. The lowest BCUT2D eigenvalue weighted by molar-refractivity contribution is 0.235. The van der Waals surface area contributed by atoms with Crippen molar-refractivity contribution in [1.82, 2.24) is 5.32 Å². The van der Waals surface area contributed by atoms with Gasteiger partial charge in [-0.2, -0.15) is 0 Å². The zero-order chi connectivity index (χ0) is 8.55. The van der Waals surface area contributed by atoms with Crippen LogP contribution >= 0.6 is 0 Å². The molecule has 1 aromatic carbocycles. The molecule has 0 bridgehead atoms. The van der Waals surface area contributed by atoms with Gasteiger partial charge in [0, 0.05) is 12.5 Å². The minimum absolute atomic E-state index is 0.143. The van der Waals surface area contributed by atoms with E-state index in [9.17, 15) is 4.39 Å². The maximum Gasteiger partial charge on any atom is 0.155 e. The number of alkyl halides is 1. The summed E-state index contributed by atoms with van der Waals surface area (Å²) < 4.78 is 13.0. The molecule has 2 atom stereocenters. The first-order chi connectivity index (χ1) is 5.77. The van der Waals surface area contributed by atoms with Gasteiger partial charge < -0.3 is 0 Å². The Kier molecular flexibility index (Phi) is 1.85. The van der Waals surface area contributed by atoms with E-state index >= 15 is 0 Å². The molecule has 0 saturated carbocycles. The van der Waals surface area contributed by atoms with Crippen molar-refractivity contribution in [2.24, 2.45) is 0 Å². The average Bonchev–Trinajstić information content (AvgIpc) is 2.04. The molecule has 1 N–H and O–H groups in total. The van der Waals surface area contributed by atoms with E-state index in [1.165, 1.54) is 5.56 Å². The largest absolute Gasteiger partial charge is 0.281 e. The second kappa shape index (κ2) is 2.87. The first-order valence-corrected chi connectivity index (χ1v) is 4.25. The molecule has 1 nitrogen and oxygen atoms in total. The lowest BCUT2D eigenvalue weighted by Crippen LogP contribution is -2.34. The molecule has 0 aromatic heterocycles. The molecule has 1 aliphatic heterocycles. The van der Waals surface area contributed by atoms with Gasteiger partial charge in [-0.15, -0.1) is 0 Å². The van der Waals surface area contributed by atoms with Gasteiger partial charge in [-0.3, -0.25) is 5.32 Å². The smallest absolute Gasteiger partial charge is 0.155 e. The van der Waals surface area contributed by atoms with Crippen molar-refractivity contribution in [2.75, 3.05) is 0 Å². The molecule has 0 amide bonds. The highest BCUT2D eigenvalue weighted by Crippen LogP contribution is 2.24. The molecule has 1 aliphatic rings. The third-order valence-electron chi connectivity index (χ3n) is 2.35. The molecular formula is C10H12FN. The second-order valence-corrected chi connectivity index (χ2v) is 3.26. The zero-order valence-electron chi connectivity index (χ0n) is 7.05. The van der Waals surface area contributed by atoms with Crippen LogP contribution in [0.25, 0.3) is 0 Å². The standard InChI is InChI=1S/C10H12FN/c1-7-9-5-3-2-4-8(9)6-10(11)12-7/h2-5,7,10,12H,6H2,1H3. The van der Waals surface area contributed by atoms with Gasteiger partial charge >= 0.3 is 0 Å². The fourth-order valence-corrected chi connectivity index (χ4v) is 1.76. The van der Waals surface area contributed by atoms with E-state index in [2.05, 4.69) is 11.4 Å². The fourth-order valence-electron chi connectivity index (χ4n) is 1.76. The third-order valence-corrected chi connectivity index (χ3v) is 2.35. The number of benzene rings is 1. The van der Waals surface area contributed by atoms with Crippen molar-refractivity contribution < 1.29 is 4.39 Å². The van der Waals surface area contributed by atoms with Crippen molar-refractivity contribution in [2.45, 2.75) is 25.7 Å². The minimum Gasteiger partial charge on any atom is -0.281 e. The molecule has 0 fully saturated rings. The van der Waals surface area contributed by atoms with E-state index in [0.717, 1.165) is 5.56 Å². The highest BCUT2D eigenvalue weighted by Gasteiger charge is 2.21. The maximum atomic E-state index is 13.0. The van der Waals surface area contributed by atoms with Crippen LogP contribution in [0.2, 0.25) is 0 Å². The van der Waals surface area contributed by atoms with E-state index in [1.54, 1.807) is 0 Å². The summed E-state index contributed by atoms with van der Waals surface area (Å²) in [6, 6.07) is 8.15. The number of halogens is 1. The van der Waals surface area contributed by atoms with Gasteiger partial charge in [0.1, 0.15) is 0 Å². The predicted molar refractivity (Wildman–Crippen MR) is 46.6 cm³/mol. The molecule has 64 valence electrons. The van der Waals surface area contributed by atoms with E-state index in [-0.39, 0.29) is 6.04 Å². The van der Waals surface area contributed by atoms with Gasteiger partial charge in [0.15, 0.2) is 6.30 Å². The topological polar surface area (TPSA) is 12.0 Å². The molecule has 2 heteroatoms. The van der Waals surface area contributed by atoms with E-state index in [0.29, 0.717) is 6.42 Å². The van der Waals surface area contributed by atoms with Gasteiger partial charge in [-0.25, -0.2) is 4.39 Å². The fraction of sp³-hybridized carbons (Fsp3) is 0.400. The Morgan fingerprint density at radius 3 is 3.00 bits per heavy atom. The lowest BCUT2D eigenvalue weighted by atomic mass is 9.95. The number of rotatable bonds is 0. The van der Waals surface area contributed by atoms with E-state index in [1.807, 2.05) is 25.1 Å². The first kappa shape index (κ1) is 7.74. The quantitative estimate of drug-likeness (QED) is 0.581. The zero-order valence-corrected chi connectivity index (χ0v) is 7.05. The summed E-state index contributed by atoms with van der Waals surface area (Å²) in [5, 5.41) is 2.87. The second-order valence-electron chi connectivity index (χ2n) is 3.26. The molecule has 0 aliphatic carbocycles. The summed E-state index contributed by atoms with van der Waals surface area (Å²) in [6.07, 6.45) is -0.379. The molecule has 12 heavy (non-hydrogen) atoms. The van der Waals surface area contributed by atoms with Gasteiger partial charge in [0.05, 0.1) is 0 Å². The molecule has 1 heterocycles. The van der Waals surface area contributed by atoms with Gasteiger partial charge in [-0.05, 0) is 18.1 Å². The Bertz CT molecular complexity index is 285. The summed E-state index contributed by atoms with van der Waals surface area (Å²) >= 11 is 0. The predicted octanol–water partition coefficient (Wildman–Crippen LogP) is 2.19. The molecule has 2 rings (SSSR count). The third kappa shape index (κ3) is 1.23. The normalized spacial score (nSPS) is 28.2. The van der Waals surface area contributed by atoms with Crippen molar-refractivity contribution >= 4 is 0 Å². The molecule has 0 spiro atoms. The SMILES string of the molecule is CC1NC(F)Cc2ccccc21. The van der Waals surface area contributed by atoms with E-state index in [4.69, 9.17) is 0 Å². The van der Waals surface area contributed by atoms with Crippen molar-refractivity contribution in [3.05, 3.63) is 35.4 Å². The van der Waals surface area contributed by atoms with E-state index < -0.39 is 6.30 Å². The average molecular weight is 165 g/mol. The number of nitrogens with one attached hydrogen (secondary N) is 1. The van der Waals surface area contributed by atoms with Gasteiger partial charge in [0.2, 0.25) is 0 Å². The lowest BCUT2D eigenvalue weighted by Gasteiger charge is -2.26. The Labute approximate surface area is 71.6 Å². The maximum absolute atomic E-state index is 13.0. The number of hydrogen-bond donors (Lipinski definition) is 1. The van der Waals surface area contributed by atoms with Crippen molar-refractivity contribution in [1.29, 1.82) is 0 Å². The Morgan fingerprint density at radius 1 is 1.42 bits per heavy atom. The summed E-state index contributed by atoms with van der Waals surface area (Å²) in [5.74, 6) is 0. The highest BCUT2D eigenvalue weighted by molar-refractivity contribution is 5.32. The molecule has 2 unspecified atom stereocenters. The Balaban J connectivity index is 2.40. The number of fused-ring (bicyclic) bond motifs is 1. The van der Waals surface area contributed by atoms with Crippen molar-refractivity contribution in [3.8, 4) is 0 Å². The van der Waals surface area contributed by atoms with Crippen molar-refractivity contribution in [3.63, 3.8) is 0 Å². The van der Waals surface area contributed by atoms with Crippen LogP contribution in [0.15, 0.2) is 24.3 Å². The van der Waals surface area contributed by atoms with Crippen LogP contribution in [0.1, 0.15) is 24.1 Å². The Hall–Kier alpha value is -0.890. The summed E-state index contributed by atoms with van der Waals surface area (Å²) in [6.45, 7) is 1.99. The van der Waals surface area contributed by atoms with Crippen LogP contribution in [0.5, 0.6) is 0 Å². The Morgan fingerprint density at radius 2 is 2.17 bits per heavy atom. The van der Waals surface area contributed by atoms with Crippen LogP contribution in [-0.4, -0.2) is 6.30 Å². The molecule has 0 radical (unpaired) electrons. The molecule has 1 aromatic rings. The van der Waals surface area contributed by atoms with Crippen LogP contribution in [0, 0.1) is 0 Å². The summed E-state index contributed by atoms with van der Waals surface area (Å²) in [5.41, 5.74) is 2.36. The summed E-state index contributed by atoms with van der Waals surface area (Å²) in [7, 11) is 0.